The Balaban J connectivity index is 1.87. The minimum atomic E-state index is -0.367. The maximum absolute atomic E-state index is 5.66. The summed E-state index contributed by atoms with van der Waals surface area (Å²) in [6.45, 7) is 3.69. The van der Waals surface area contributed by atoms with Gasteiger partial charge in [-0.05, 0) is 25.3 Å². The molecule has 0 unspecified atom stereocenters. The Morgan fingerprint density at radius 1 is 1.13 bits per heavy atom. The van der Waals surface area contributed by atoms with E-state index < -0.39 is 0 Å². The van der Waals surface area contributed by atoms with E-state index in [2.05, 4.69) is 24.3 Å². The van der Waals surface area contributed by atoms with Crippen molar-refractivity contribution in [2.75, 3.05) is 13.2 Å². The van der Waals surface area contributed by atoms with Gasteiger partial charge in [0.2, 0.25) is 0 Å². The van der Waals surface area contributed by atoms with E-state index in [9.17, 15) is 0 Å². The number of hydrogen-bond acceptors (Lipinski definition) is 2. The third kappa shape index (κ3) is 3.05. The molecule has 1 aromatic rings. The van der Waals surface area contributed by atoms with Gasteiger partial charge in [-0.25, -0.2) is 0 Å². The first kappa shape index (κ1) is 10.7. The molecule has 1 saturated heterocycles. The summed E-state index contributed by atoms with van der Waals surface area (Å²) in [5.41, 5.74) is 1.34. The average molecular weight is 206 g/mol. The van der Waals surface area contributed by atoms with Crippen molar-refractivity contribution in [2.45, 2.75) is 32.0 Å². The lowest BCUT2D eigenvalue weighted by Crippen LogP contribution is -2.37. The van der Waals surface area contributed by atoms with Crippen LogP contribution in [0.1, 0.15) is 25.3 Å². The Morgan fingerprint density at radius 2 is 1.80 bits per heavy atom. The van der Waals surface area contributed by atoms with Crippen LogP contribution in [0, 0.1) is 0 Å². The first-order valence-electron chi connectivity index (χ1n) is 5.60. The lowest BCUT2D eigenvalue weighted by molar-refractivity contribution is -0.258. The van der Waals surface area contributed by atoms with Crippen LogP contribution in [0.2, 0.25) is 0 Å². The number of aryl methyl sites for hydroxylation is 1. The predicted molar refractivity (Wildman–Crippen MR) is 59.7 cm³/mol. The molecule has 1 heterocycles. The van der Waals surface area contributed by atoms with Crippen LogP contribution in [0.3, 0.4) is 0 Å². The summed E-state index contributed by atoms with van der Waals surface area (Å²) < 4.78 is 11.3. The molecule has 0 radical (unpaired) electrons. The summed E-state index contributed by atoms with van der Waals surface area (Å²) in [5, 5.41) is 0. The molecule has 1 aliphatic heterocycles. The second-order valence-corrected chi connectivity index (χ2v) is 4.17. The molecule has 2 heteroatoms. The molecule has 82 valence electrons. The van der Waals surface area contributed by atoms with E-state index in [0.717, 1.165) is 32.5 Å². The fourth-order valence-corrected chi connectivity index (χ4v) is 1.84. The summed E-state index contributed by atoms with van der Waals surface area (Å²) in [5.74, 6) is -0.367. The molecule has 0 saturated carbocycles. The minimum Gasteiger partial charge on any atom is -0.350 e. The number of benzene rings is 1. The molecule has 0 N–H and O–H groups in total. The fraction of sp³-hybridized carbons (Fsp3) is 0.538. The van der Waals surface area contributed by atoms with Gasteiger partial charge in [-0.3, -0.25) is 0 Å². The summed E-state index contributed by atoms with van der Waals surface area (Å²) in [7, 11) is 0. The van der Waals surface area contributed by atoms with Crippen molar-refractivity contribution in [3.63, 3.8) is 0 Å². The highest BCUT2D eigenvalue weighted by atomic mass is 16.7. The Labute approximate surface area is 91.2 Å². The molecule has 0 atom stereocenters. The second kappa shape index (κ2) is 4.77. The molecule has 0 spiro atoms. The molecule has 0 aromatic heterocycles. The highest BCUT2D eigenvalue weighted by molar-refractivity contribution is 5.14. The van der Waals surface area contributed by atoms with Gasteiger partial charge in [0.25, 0.3) is 0 Å². The lowest BCUT2D eigenvalue weighted by atomic mass is 10.1. The van der Waals surface area contributed by atoms with E-state index >= 15 is 0 Å². The average Bonchev–Trinajstić information content (AvgIpc) is 2.29. The molecular formula is C13H18O2. The van der Waals surface area contributed by atoms with E-state index in [-0.39, 0.29) is 5.79 Å². The lowest BCUT2D eigenvalue weighted by Gasteiger charge is -2.34. The fourth-order valence-electron chi connectivity index (χ4n) is 1.84. The van der Waals surface area contributed by atoms with Gasteiger partial charge >= 0.3 is 0 Å². The van der Waals surface area contributed by atoms with Gasteiger partial charge in [-0.1, -0.05) is 30.3 Å². The van der Waals surface area contributed by atoms with Crippen LogP contribution in [-0.2, 0) is 15.9 Å². The zero-order chi connectivity index (χ0) is 10.6. The molecule has 2 nitrogen and oxygen atoms in total. The van der Waals surface area contributed by atoms with Crippen molar-refractivity contribution >= 4 is 0 Å². The number of hydrogen-bond donors (Lipinski definition) is 0. The van der Waals surface area contributed by atoms with E-state index in [4.69, 9.17) is 9.47 Å². The smallest absolute Gasteiger partial charge is 0.165 e. The highest BCUT2D eigenvalue weighted by Gasteiger charge is 2.28. The van der Waals surface area contributed by atoms with Crippen LogP contribution in [0.25, 0.3) is 0 Å². The standard InChI is InChI=1S/C13H18O2/c1-13(14-10-5-11-15-13)9-8-12-6-3-2-4-7-12/h2-4,6-7H,5,8-11H2,1H3. The topological polar surface area (TPSA) is 18.5 Å². The Kier molecular flexibility index (Phi) is 3.39. The minimum absolute atomic E-state index is 0.367. The van der Waals surface area contributed by atoms with Crippen LogP contribution >= 0.6 is 0 Å². The van der Waals surface area contributed by atoms with E-state index in [1.54, 1.807) is 0 Å². The van der Waals surface area contributed by atoms with Crippen LogP contribution in [0.15, 0.2) is 30.3 Å². The largest absolute Gasteiger partial charge is 0.350 e. The van der Waals surface area contributed by atoms with Crippen molar-refractivity contribution in [1.29, 1.82) is 0 Å². The number of ether oxygens (including phenoxy) is 2. The van der Waals surface area contributed by atoms with Crippen molar-refractivity contribution in [3.05, 3.63) is 35.9 Å². The first-order chi connectivity index (χ1) is 7.29. The van der Waals surface area contributed by atoms with Gasteiger partial charge in [-0.2, -0.15) is 0 Å². The highest BCUT2D eigenvalue weighted by Crippen LogP contribution is 2.23. The van der Waals surface area contributed by atoms with Gasteiger partial charge in [0.1, 0.15) is 0 Å². The van der Waals surface area contributed by atoms with Gasteiger partial charge in [0, 0.05) is 6.42 Å². The second-order valence-electron chi connectivity index (χ2n) is 4.17. The molecule has 0 bridgehead atoms. The molecule has 1 aliphatic rings. The summed E-state index contributed by atoms with van der Waals surface area (Å²) >= 11 is 0. The van der Waals surface area contributed by atoms with E-state index in [1.807, 2.05) is 13.0 Å². The van der Waals surface area contributed by atoms with Crippen LogP contribution < -0.4 is 0 Å². The maximum atomic E-state index is 5.66. The quantitative estimate of drug-likeness (QED) is 0.757. The first-order valence-corrected chi connectivity index (χ1v) is 5.60. The van der Waals surface area contributed by atoms with E-state index in [1.165, 1.54) is 5.56 Å². The number of rotatable bonds is 3. The zero-order valence-electron chi connectivity index (χ0n) is 9.24. The Morgan fingerprint density at radius 3 is 2.47 bits per heavy atom. The van der Waals surface area contributed by atoms with Crippen LogP contribution in [-0.4, -0.2) is 19.0 Å². The molecule has 1 fully saturated rings. The summed E-state index contributed by atoms with van der Waals surface area (Å²) in [6, 6.07) is 10.5. The van der Waals surface area contributed by atoms with Crippen molar-refractivity contribution < 1.29 is 9.47 Å². The summed E-state index contributed by atoms with van der Waals surface area (Å²) in [4.78, 5) is 0. The van der Waals surface area contributed by atoms with Crippen molar-refractivity contribution in [3.8, 4) is 0 Å². The Bertz CT molecular complexity index is 289. The monoisotopic (exact) mass is 206 g/mol. The van der Waals surface area contributed by atoms with Gasteiger partial charge < -0.3 is 9.47 Å². The third-order valence-electron chi connectivity index (χ3n) is 2.81. The van der Waals surface area contributed by atoms with Gasteiger partial charge in [-0.15, -0.1) is 0 Å². The van der Waals surface area contributed by atoms with Gasteiger partial charge in [0.05, 0.1) is 13.2 Å². The molecular weight excluding hydrogens is 188 g/mol. The predicted octanol–water partition coefficient (Wildman–Crippen LogP) is 2.77. The van der Waals surface area contributed by atoms with Crippen molar-refractivity contribution in [2.24, 2.45) is 0 Å². The van der Waals surface area contributed by atoms with E-state index in [0.29, 0.717) is 0 Å². The van der Waals surface area contributed by atoms with Crippen LogP contribution in [0.5, 0.6) is 0 Å². The normalized spacial score (nSPS) is 20.1. The van der Waals surface area contributed by atoms with Crippen molar-refractivity contribution in [1.82, 2.24) is 0 Å². The third-order valence-corrected chi connectivity index (χ3v) is 2.81. The van der Waals surface area contributed by atoms with Crippen LogP contribution in [0.4, 0.5) is 0 Å². The molecule has 0 aliphatic carbocycles. The maximum Gasteiger partial charge on any atom is 0.165 e. The molecule has 15 heavy (non-hydrogen) atoms. The summed E-state index contributed by atoms with van der Waals surface area (Å²) in [6.07, 6.45) is 2.95. The zero-order valence-corrected chi connectivity index (χ0v) is 9.24. The molecule has 0 amide bonds. The molecule has 2 rings (SSSR count). The molecule has 1 aromatic carbocycles. The van der Waals surface area contributed by atoms with Gasteiger partial charge in [0.15, 0.2) is 5.79 Å². The SMILES string of the molecule is CC1(CCc2ccccc2)OCCCO1. The Hall–Kier alpha value is -0.860.